The second-order valence-corrected chi connectivity index (χ2v) is 6.23. The Labute approximate surface area is 186 Å². The third-order valence-electron chi connectivity index (χ3n) is 2.94. The van der Waals surface area contributed by atoms with E-state index in [-0.39, 0.29) is 5.69 Å². The number of aromatic nitrogens is 5. The molecule has 170 valence electrons. The number of halogens is 3. The van der Waals surface area contributed by atoms with Gasteiger partial charge in [-0.15, -0.1) is 18.3 Å². The number of H-pyrrole nitrogens is 1. The van der Waals surface area contributed by atoms with Crippen LogP contribution in [0.15, 0.2) is 78.7 Å². The highest BCUT2D eigenvalue weighted by Gasteiger charge is 2.32. The first kappa shape index (κ1) is 26.2. The number of para-hydroxylation sites is 2. The van der Waals surface area contributed by atoms with Crippen LogP contribution in [0.25, 0.3) is 0 Å². The van der Waals surface area contributed by atoms with Crippen LogP contribution in [0.1, 0.15) is 12.6 Å². The monoisotopic (exact) mass is 466 g/mol. The zero-order chi connectivity index (χ0) is 23.7. The highest BCUT2D eigenvalue weighted by molar-refractivity contribution is 7.03. The minimum atomic E-state index is -4.77. The number of hydrogen-bond donors (Lipinski definition) is 2. The summed E-state index contributed by atoms with van der Waals surface area (Å²) in [6.45, 7) is 3.23. The Morgan fingerprint density at radius 2 is 1.69 bits per heavy atom. The van der Waals surface area contributed by atoms with Gasteiger partial charge in [-0.25, -0.2) is 0 Å². The molecule has 3 aromatic heterocycles. The van der Waals surface area contributed by atoms with E-state index in [9.17, 15) is 18.0 Å². The number of ether oxygens (including phenoxy) is 1. The predicted octanol–water partition coefficient (Wildman–Crippen LogP) is 4.88. The Balaban J connectivity index is 0.000000245. The Hall–Kier alpha value is -3.80. The maximum absolute atomic E-state index is 11.9. The molecule has 1 amide bonds. The zero-order valence-electron chi connectivity index (χ0n) is 17.2. The Morgan fingerprint density at radius 1 is 1.00 bits per heavy atom. The van der Waals surface area contributed by atoms with Gasteiger partial charge in [0.15, 0.2) is 5.75 Å². The third kappa shape index (κ3) is 14.2. The minimum absolute atomic E-state index is 0.0117. The fourth-order valence-corrected chi connectivity index (χ4v) is 2.05. The third-order valence-corrected chi connectivity index (χ3v) is 3.37. The van der Waals surface area contributed by atoms with Gasteiger partial charge in [-0.2, -0.15) is 10.2 Å². The minimum Gasteiger partial charge on any atom is -0.404 e. The van der Waals surface area contributed by atoms with Gasteiger partial charge in [0.25, 0.3) is 0 Å². The molecule has 3 heterocycles. The standard InChI is InChI=1S/C9H8F3NO2.C5H7N.C4H4N2.C2H2N2S/c1-6(14)13-7-4-2-3-5-8(7)15-9(10,11)12;1-5-3-2-4-6-5;1-2-4-6-5-3-1;1-2-5-4-3-1/h2-5H,1H3,(H,13,14);2-4,6H,1H3;1-4H;1-2H. The number of hydrogen-bond acceptors (Lipinski definition) is 7. The molecule has 0 radical (unpaired) electrons. The van der Waals surface area contributed by atoms with E-state index in [1.165, 1.54) is 42.3 Å². The molecule has 0 saturated heterocycles. The molecule has 0 fully saturated rings. The average molecular weight is 466 g/mol. The second-order valence-electron chi connectivity index (χ2n) is 5.58. The van der Waals surface area contributed by atoms with Crippen molar-refractivity contribution < 1.29 is 22.7 Å². The first-order chi connectivity index (χ1) is 15.3. The van der Waals surface area contributed by atoms with E-state index >= 15 is 0 Å². The molecule has 12 heteroatoms. The quantitative estimate of drug-likeness (QED) is 0.436. The van der Waals surface area contributed by atoms with Crippen molar-refractivity contribution >= 4 is 23.1 Å². The molecule has 0 spiro atoms. The van der Waals surface area contributed by atoms with Crippen LogP contribution in [0.4, 0.5) is 18.9 Å². The van der Waals surface area contributed by atoms with E-state index in [1.54, 1.807) is 18.6 Å². The molecule has 2 N–H and O–H groups in total. The van der Waals surface area contributed by atoms with Crippen LogP contribution in [-0.2, 0) is 4.79 Å². The van der Waals surface area contributed by atoms with Crippen LogP contribution in [0.5, 0.6) is 5.75 Å². The van der Waals surface area contributed by atoms with Crippen molar-refractivity contribution in [2.75, 3.05) is 5.32 Å². The summed E-state index contributed by atoms with van der Waals surface area (Å²) in [5.74, 6) is -0.895. The van der Waals surface area contributed by atoms with Gasteiger partial charge in [0.05, 0.1) is 11.9 Å². The predicted molar refractivity (Wildman–Crippen MR) is 115 cm³/mol. The summed E-state index contributed by atoms with van der Waals surface area (Å²) in [5, 5.41) is 14.6. The van der Waals surface area contributed by atoms with Crippen LogP contribution in [0.2, 0.25) is 0 Å². The second kappa shape index (κ2) is 15.1. The molecule has 0 aliphatic carbocycles. The van der Waals surface area contributed by atoms with Gasteiger partial charge in [0, 0.05) is 36.6 Å². The fraction of sp³-hybridized carbons (Fsp3) is 0.150. The van der Waals surface area contributed by atoms with Gasteiger partial charge >= 0.3 is 6.36 Å². The molecule has 0 unspecified atom stereocenters. The number of aromatic amines is 1. The first-order valence-electron chi connectivity index (χ1n) is 8.93. The largest absolute Gasteiger partial charge is 0.573 e. The molecule has 8 nitrogen and oxygen atoms in total. The maximum atomic E-state index is 11.9. The van der Waals surface area contributed by atoms with E-state index in [4.69, 9.17) is 0 Å². The van der Waals surface area contributed by atoms with Crippen molar-refractivity contribution in [2.45, 2.75) is 20.2 Å². The van der Waals surface area contributed by atoms with Gasteiger partial charge < -0.3 is 15.0 Å². The van der Waals surface area contributed by atoms with E-state index in [0.29, 0.717) is 0 Å². The number of benzene rings is 1. The lowest BCUT2D eigenvalue weighted by Gasteiger charge is -2.12. The molecule has 32 heavy (non-hydrogen) atoms. The van der Waals surface area contributed by atoms with Gasteiger partial charge in [-0.05, 0) is 54.9 Å². The SMILES string of the molecule is CC(=O)Nc1ccccc1OC(F)(F)F.Cc1ccc[nH]1.c1ccnnc1.c1csnn1. The molecule has 0 aliphatic heterocycles. The smallest absolute Gasteiger partial charge is 0.404 e. The molecule has 0 bridgehead atoms. The van der Waals surface area contributed by atoms with Gasteiger partial charge in [-0.3, -0.25) is 4.79 Å². The van der Waals surface area contributed by atoms with Crippen molar-refractivity contribution in [1.82, 2.24) is 24.8 Å². The van der Waals surface area contributed by atoms with E-state index in [1.807, 2.05) is 42.8 Å². The Kier molecular flexibility index (Phi) is 12.4. The molecule has 1 aromatic carbocycles. The average Bonchev–Trinajstić information content (AvgIpc) is 3.47. The van der Waals surface area contributed by atoms with E-state index in [0.717, 1.165) is 6.07 Å². The Bertz CT molecular complexity index is 925. The molecular weight excluding hydrogens is 445 g/mol. The number of nitrogens with zero attached hydrogens (tertiary/aromatic N) is 4. The van der Waals surface area contributed by atoms with Gasteiger partial charge in [0.2, 0.25) is 5.91 Å². The molecule has 0 aliphatic rings. The van der Waals surface area contributed by atoms with Crippen molar-refractivity contribution in [3.8, 4) is 5.75 Å². The van der Waals surface area contributed by atoms with Crippen LogP contribution < -0.4 is 10.1 Å². The van der Waals surface area contributed by atoms with Crippen molar-refractivity contribution in [3.63, 3.8) is 0 Å². The summed E-state index contributed by atoms with van der Waals surface area (Å²) in [4.78, 5) is 13.7. The van der Waals surface area contributed by atoms with Crippen LogP contribution >= 0.6 is 11.5 Å². The number of nitrogens with one attached hydrogen (secondary N) is 2. The Morgan fingerprint density at radius 3 is 2.03 bits per heavy atom. The maximum Gasteiger partial charge on any atom is 0.573 e. The highest BCUT2D eigenvalue weighted by Crippen LogP contribution is 2.29. The number of carbonyl (C=O) groups excluding carboxylic acids is 1. The highest BCUT2D eigenvalue weighted by atomic mass is 32.1. The van der Waals surface area contributed by atoms with E-state index < -0.39 is 18.0 Å². The number of alkyl halides is 3. The van der Waals surface area contributed by atoms with E-state index in [2.05, 4.69) is 34.8 Å². The van der Waals surface area contributed by atoms with Crippen LogP contribution in [0, 0.1) is 6.92 Å². The zero-order valence-corrected chi connectivity index (χ0v) is 18.0. The molecule has 4 rings (SSSR count). The number of anilines is 1. The van der Waals surface area contributed by atoms with Crippen molar-refractivity contribution in [1.29, 1.82) is 0 Å². The summed E-state index contributed by atoms with van der Waals surface area (Å²) < 4.78 is 43.0. The summed E-state index contributed by atoms with van der Waals surface area (Å²) in [5.41, 5.74) is 1.21. The fourth-order valence-electron chi connectivity index (χ4n) is 1.78. The lowest BCUT2D eigenvalue weighted by atomic mass is 10.3. The number of aryl methyl sites for hydroxylation is 1. The van der Waals surface area contributed by atoms with Crippen molar-refractivity contribution in [3.05, 3.63) is 84.4 Å². The van der Waals surface area contributed by atoms with Gasteiger partial charge in [0.1, 0.15) is 0 Å². The summed E-state index contributed by atoms with van der Waals surface area (Å²) in [6.07, 6.45) is 2.08. The molecular formula is C20H21F3N6O2S. The van der Waals surface area contributed by atoms with Gasteiger partial charge in [-0.1, -0.05) is 16.6 Å². The summed E-state index contributed by atoms with van der Waals surface area (Å²) in [6, 6.07) is 13.0. The first-order valence-corrected chi connectivity index (χ1v) is 9.76. The molecule has 0 saturated carbocycles. The molecule has 4 aromatic rings. The van der Waals surface area contributed by atoms with Crippen molar-refractivity contribution in [2.24, 2.45) is 0 Å². The summed E-state index contributed by atoms with van der Waals surface area (Å²) >= 11 is 1.35. The summed E-state index contributed by atoms with van der Waals surface area (Å²) in [7, 11) is 0. The lowest BCUT2D eigenvalue weighted by Crippen LogP contribution is -2.18. The topological polar surface area (TPSA) is 106 Å². The number of amides is 1. The number of rotatable bonds is 2. The lowest BCUT2D eigenvalue weighted by molar-refractivity contribution is -0.274. The number of carbonyl (C=O) groups is 1. The van der Waals surface area contributed by atoms with Crippen LogP contribution in [-0.4, -0.2) is 37.0 Å². The van der Waals surface area contributed by atoms with Crippen LogP contribution in [0.3, 0.4) is 0 Å². The molecule has 0 atom stereocenters. The normalized spacial score (nSPS) is 9.53.